The van der Waals surface area contributed by atoms with Crippen LogP contribution in [0.5, 0.6) is 0 Å². The van der Waals surface area contributed by atoms with Crippen LogP contribution in [0.1, 0.15) is 22.8 Å². The fourth-order valence-corrected chi connectivity index (χ4v) is 3.39. The van der Waals surface area contributed by atoms with Gasteiger partial charge in [0.15, 0.2) is 5.69 Å². The number of hydrogen-bond acceptors (Lipinski definition) is 3. The smallest absolute Gasteiger partial charge is 0.345 e. The van der Waals surface area contributed by atoms with Crippen LogP contribution in [-0.2, 0) is 11.3 Å². The van der Waals surface area contributed by atoms with E-state index in [2.05, 4.69) is 17.1 Å². The molecule has 134 valence electrons. The van der Waals surface area contributed by atoms with E-state index in [0.29, 0.717) is 34.3 Å². The highest BCUT2D eigenvalue weighted by atomic mass is 35.5. The molecule has 0 amide bonds. The molecule has 3 rings (SSSR count). The number of fused-ring (bicyclic) bond motifs is 1. The molecule has 3 aromatic rings. The summed E-state index contributed by atoms with van der Waals surface area (Å²) in [5.74, 6) is -0.393. The Hall–Kier alpha value is -2.14. The van der Waals surface area contributed by atoms with Gasteiger partial charge in [0.25, 0.3) is 0 Å². The zero-order chi connectivity index (χ0) is 18.7. The van der Waals surface area contributed by atoms with Gasteiger partial charge in [0.1, 0.15) is 12.1 Å². The van der Waals surface area contributed by atoms with Gasteiger partial charge >= 0.3 is 5.97 Å². The predicted molar refractivity (Wildman–Crippen MR) is 104 cm³/mol. The monoisotopic (exact) mass is 389 g/mol. The molecule has 0 radical (unpaired) electrons. The molecule has 4 nitrogen and oxygen atoms in total. The molecule has 1 unspecified atom stereocenters. The molecule has 6 heteroatoms. The van der Waals surface area contributed by atoms with Crippen LogP contribution in [0.4, 0.5) is 5.69 Å². The highest BCUT2D eigenvalue weighted by molar-refractivity contribution is 6.45. The van der Waals surface area contributed by atoms with Crippen molar-refractivity contribution in [3.63, 3.8) is 0 Å². The summed E-state index contributed by atoms with van der Waals surface area (Å²) in [4.78, 5) is 17.9. The van der Waals surface area contributed by atoms with E-state index in [9.17, 15) is 4.79 Å². The van der Waals surface area contributed by atoms with Crippen molar-refractivity contribution in [2.45, 2.75) is 13.5 Å². The fraction of sp³-hybridized carbons (Fsp3) is 0.200. The molecule has 2 aromatic carbocycles. The number of carbonyl (C=O) groups excluding carboxylic acids is 1. The van der Waals surface area contributed by atoms with Gasteiger partial charge in [-0.25, -0.2) is 4.79 Å². The first-order valence-electron chi connectivity index (χ1n) is 8.33. The average molecular weight is 390 g/mol. The van der Waals surface area contributed by atoms with E-state index < -0.39 is 5.97 Å². The minimum Gasteiger partial charge on any atom is -0.462 e. The van der Waals surface area contributed by atoms with Crippen LogP contribution in [0, 0.1) is 0 Å². The number of aromatic nitrogens is 1. The van der Waals surface area contributed by atoms with E-state index in [4.69, 9.17) is 27.9 Å². The number of hydrogen-bond donors (Lipinski definition) is 1. The van der Waals surface area contributed by atoms with Crippen molar-refractivity contribution in [1.29, 1.82) is 0 Å². The van der Waals surface area contributed by atoms with Crippen LogP contribution in [0.15, 0.2) is 48.7 Å². The highest BCUT2D eigenvalue weighted by Crippen LogP contribution is 2.33. The van der Waals surface area contributed by atoms with E-state index in [1.165, 1.54) is 6.20 Å². The lowest BCUT2D eigenvalue weighted by molar-refractivity contribution is -0.824. The Labute approximate surface area is 162 Å². The lowest BCUT2D eigenvalue weighted by Gasteiger charge is -2.19. The number of carbonyl (C=O) groups is 1. The molecule has 1 N–H and O–H groups in total. The average Bonchev–Trinajstić information content (AvgIpc) is 2.64. The molecule has 1 aromatic heterocycles. The molecule has 0 fully saturated rings. The highest BCUT2D eigenvalue weighted by Gasteiger charge is 2.25. The maximum atomic E-state index is 12.5. The van der Waals surface area contributed by atoms with Crippen LogP contribution < -0.4 is 4.90 Å². The molecule has 1 heterocycles. The van der Waals surface area contributed by atoms with Crippen LogP contribution in [0.3, 0.4) is 0 Å². The molecule has 0 saturated heterocycles. The molecule has 26 heavy (non-hydrogen) atoms. The van der Waals surface area contributed by atoms with Crippen molar-refractivity contribution >= 4 is 45.8 Å². The van der Waals surface area contributed by atoms with Crippen LogP contribution in [0.25, 0.3) is 10.9 Å². The first-order valence-corrected chi connectivity index (χ1v) is 9.09. The Morgan fingerprint density at radius 2 is 1.88 bits per heavy atom. The molecule has 0 saturated carbocycles. The van der Waals surface area contributed by atoms with Crippen molar-refractivity contribution in [2.75, 3.05) is 13.7 Å². The lowest BCUT2D eigenvalue weighted by atomic mass is 10.1. The van der Waals surface area contributed by atoms with Gasteiger partial charge in [-0.2, -0.15) is 0 Å². The summed E-state index contributed by atoms with van der Waals surface area (Å²) in [7, 11) is 2.01. The Balaban J connectivity index is 2.16. The molecule has 0 spiro atoms. The van der Waals surface area contributed by atoms with Gasteiger partial charge in [-0.1, -0.05) is 53.5 Å². The summed E-state index contributed by atoms with van der Waals surface area (Å²) < 4.78 is 5.22. The number of halogens is 2. The SMILES string of the molecule is CCOC(=O)c1cnc2c(Cl)c(Cl)ccc2c1[NH+](C)Cc1ccccc1. The van der Waals surface area contributed by atoms with Gasteiger partial charge in [-0.3, -0.25) is 9.88 Å². The minimum absolute atomic E-state index is 0.301. The first-order chi connectivity index (χ1) is 12.5. The topological polar surface area (TPSA) is 43.6 Å². The second kappa shape index (κ2) is 8.04. The van der Waals surface area contributed by atoms with Gasteiger partial charge < -0.3 is 4.74 Å². The molecule has 0 aliphatic heterocycles. The predicted octanol–water partition coefficient (Wildman–Crippen LogP) is 4.06. The van der Waals surface area contributed by atoms with Crippen molar-refractivity contribution in [2.24, 2.45) is 0 Å². The zero-order valence-electron chi connectivity index (χ0n) is 14.6. The number of pyridine rings is 1. The number of quaternary nitrogens is 1. The maximum absolute atomic E-state index is 12.5. The first kappa shape index (κ1) is 18.6. The quantitative estimate of drug-likeness (QED) is 0.668. The van der Waals surface area contributed by atoms with Crippen molar-refractivity contribution in [3.05, 3.63) is 69.8 Å². The van der Waals surface area contributed by atoms with E-state index in [1.54, 1.807) is 13.0 Å². The Morgan fingerprint density at radius 3 is 2.58 bits per heavy atom. The second-order valence-electron chi connectivity index (χ2n) is 5.97. The molecule has 1 atom stereocenters. The third-order valence-electron chi connectivity index (χ3n) is 4.16. The number of ether oxygens (including phenoxy) is 1. The summed E-state index contributed by atoms with van der Waals surface area (Å²) in [5.41, 5.74) is 2.97. The number of benzene rings is 2. The molecular formula is C20H19Cl2N2O2+. The molecular weight excluding hydrogens is 371 g/mol. The molecule has 0 aliphatic carbocycles. The van der Waals surface area contributed by atoms with Crippen molar-refractivity contribution in [3.8, 4) is 0 Å². The van der Waals surface area contributed by atoms with Gasteiger partial charge in [0.2, 0.25) is 0 Å². The third kappa shape index (κ3) is 3.68. The van der Waals surface area contributed by atoms with Crippen LogP contribution >= 0.6 is 23.2 Å². The van der Waals surface area contributed by atoms with Crippen LogP contribution in [-0.4, -0.2) is 24.6 Å². The number of rotatable bonds is 5. The fourth-order valence-electron chi connectivity index (χ4n) is 3.02. The van der Waals surface area contributed by atoms with Gasteiger partial charge in [-0.05, 0) is 19.1 Å². The van der Waals surface area contributed by atoms with Crippen molar-refractivity contribution in [1.82, 2.24) is 4.98 Å². The second-order valence-corrected chi connectivity index (χ2v) is 6.75. The maximum Gasteiger partial charge on any atom is 0.345 e. The summed E-state index contributed by atoms with van der Waals surface area (Å²) in [6.07, 6.45) is 1.52. The van der Waals surface area contributed by atoms with E-state index in [1.807, 2.05) is 31.3 Å². The lowest BCUT2D eigenvalue weighted by Crippen LogP contribution is -3.02. The molecule has 0 aliphatic rings. The van der Waals surface area contributed by atoms with Crippen LogP contribution in [0.2, 0.25) is 10.0 Å². The zero-order valence-corrected chi connectivity index (χ0v) is 16.1. The molecule has 0 bridgehead atoms. The Kier molecular flexibility index (Phi) is 5.77. The summed E-state index contributed by atoms with van der Waals surface area (Å²) >= 11 is 12.5. The number of nitrogens with zero attached hydrogens (tertiary/aromatic N) is 1. The Morgan fingerprint density at radius 1 is 1.15 bits per heavy atom. The third-order valence-corrected chi connectivity index (χ3v) is 4.96. The van der Waals surface area contributed by atoms with E-state index in [-0.39, 0.29) is 0 Å². The summed E-state index contributed by atoms with van der Waals surface area (Å²) in [5, 5.41) is 1.61. The van der Waals surface area contributed by atoms with Gasteiger partial charge in [0, 0.05) is 11.8 Å². The standard InChI is InChI=1S/C20H18Cl2N2O2/c1-3-26-20(25)15-11-23-18-14(9-10-16(21)17(18)22)19(15)24(2)12-13-7-5-4-6-8-13/h4-11H,3,12H2,1-2H3/p+1. The van der Waals surface area contributed by atoms with E-state index >= 15 is 0 Å². The number of nitrogens with one attached hydrogen (secondary N) is 1. The van der Waals surface area contributed by atoms with Gasteiger partial charge in [0.05, 0.1) is 34.6 Å². The number of esters is 1. The van der Waals surface area contributed by atoms with Gasteiger partial charge in [-0.15, -0.1) is 0 Å². The Bertz CT molecular complexity index is 945. The normalized spacial score (nSPS) is 12.2. The van der Waals surface area contributed by atoms with E-state index in [0.717, 1.165) is 21.5 Å². The summed E-state index contributed by atoms with van der Waals surface area (Å²) in [6.45, 7) is 2.78. The minimum atomic E-state index is -0.393. The van der Waals surface area contributed by atoms with Crippen molar-refractivity contribution < 1.29 is 14.4 Å². The largest absolute Gasteiger partial charge is 0.462 e. The summed E-state index contributed by atoms with van der Waals surface area (Å²) in [6, 6.07) is 13.7.